The molecule has 0 spiro atoms. The summed E-state index contributed by atoms with van der Waals surface area (Å²) in [5.74, 6) is -0.532. The summed E-state index contributed by atoms with van der Waals surface area (Å²) >= 11 is 0. The van der Waals surface area contributed by atoms with Crippen molar-refractivity contribution in [2.24, 2.45) is 17.3 Å². The van der Waals surface area contributed by atoms with Gasteiger partial charge in [0.1, 0.15) is 69.8 Å². The normalized spacial score (nSPS) is 30.1. The van der Waals surface area contributed by atoms with Crippen LogP contribution in [0.15, 0.2) is 0 Å². The number of hydrogen-bond acceptors (Lipinski definition) is 36. The van der Waals surface area contributed by atoms with Gasteiger partial charge in [0.15, 0.2) is 5.41 Å². The van der Waals surface area contributed by atoms with E-state index in [-0.39, 0.29) is 239 Å². The molecule has 6 saturated heterocycles. The number of phosphoric ester groups is 4. The summed E-state index contributed by atoms with van der Waals surface area (Å²) in [6.45, 7) is 33.7. The van der Waals surface area contributed by atoms with Gasteiger partial charge in [0.05, 0.1) is 214 Å². The van der Waals surface area contributed by atoms with Crippen molar-refractivity contribution < 1.29 is 241 Å². The predicted molar refractivity (Wildman–Crippen MR) is 418 cm³/mol. The predicted octanol–water partition coefficient (Wildman–Crippen LogP) is 1.05. The van der Waals surface area contributed by atoms with Crippen LogP contribution in [-0.4, -0.2) is 304 Å². The molecule has 0 aromatic heterocycles. The van der Waals surface area contributed by atoms with Gasteiger partial charge in [-0.15, -0.1) is 0 Å². The van der Waals surface area contributed by atoms with Gasteiger partial charge >= 0.3 is 0 Å². The Bertz CT molecular complexity index is 2970. The summed E-state index contributed by atoms with van der Waals surface area (Å²) in [5.41, 5.74) is -2.03. The molecule has 1 saturated carbocycles. The van der Waals surface area contributed by atoms with Crippen molar-refractivity contribution in [3.63, 3.8) is 0 Å². The third kappa shape index (κ3) is 56.3. The van der Waals surface area contributed by atoms with Gasteiger partial charge in [-0.2, -0.15) is 15.8 Å². The van der Waals surface area contributed by atoms with Crippen molar-refractivity contribution >= 4 is 94.1 Å². The topological polar surface area (TPSA) is 522 Å². The van der Waals surface area contributed by atoms with E-state index in [2.05, 4.69) is 15.1 Å². The van der Waals surface area contributed by atoms with Gasteiger partial charge in [-0.1, -0.05) is 38.1 Å². The average molecular weight is 2460 g/mol. The summed E-state index contributed by atoms with van der Waals surface area (Å²) in [6, 6.07) is 1.59. The minimum Gasteiger partial charge on any atom is -0.870 e. The molecule has 7 aliphatic rings. The Labute approximate surface area is 785 Å². The molecule has 7 rings (SSSR count). The van der Waals surface area contributed by atoms with Gasteiger partial charge in [-0.3, -0.25) is 22.0 Å². The first kappa shape index (κ1) is 131. The molecule has 0 aromatic rings. The fraction of sp³-hybridized carbons (Fsp3) is 0.928. The van der Waals surface area contributed by atoms with Crippen molar-refractivity contribution in [1.82, 2.24) is 0 Å². The summed E-state index contributed by atoms with van der Waals surface area (Å²) in [4.78, 5) is 66.0. The zero-order valence-electron chi connectivity index (χ0n) is 72.0. The van der Waals surface area contributed by atoms with E-state index in [0.717, 1.165) is 0 Å². The average Bonchev–Trinajstić information content (AvgIpc) is 1.61. The molecule has 6 aliphatic heterocycles. The number of phosphoric acid groups is 4. The number of ether oxygens (including phenoxy) is 15. The molecular formula is C69H118B8N3O33P4W4-9. The minimum absolute atomic E-state index is 0. The maximum atomic E-state index is 12.6. The van der Waals surface area contributed by atoms with Crippen molar-refractivity contribution in [2.45, 2.75) is 327 Å². The quantitative estimate of drug-likeness (QED) is 0.0510. The molecule has 16 radical (unpaired) electrons. The Balaban J connectivity index is -0.000000454. The maximum Gasteiger partial charge on any atom is 0.268 e. The fourth-order valence-corrected chi connectivity index (χ4v) is 14.0. The van der Waals surface area contributed by atoms with Gasteiger partial charge in [0.2, 0.25) is 0 Å². The third-order valence-electron chi connectivity index (χ3n) is 16.5. The Morgan fingerprint density at radius 2 is 0.884 bits per heavy atom. The molecule has 0 bridgehead atoms. The maximum absolute atomic E-state index is 12.6. The van der Waals surface area contributed by atoms with Gasteiger partial charge < -0.3 is 147 Å². The Hall–Kier alpha value is 1.50. The van der Waals surface area contributed by atoms with E-state index < -0.39 is 122 Å². The van der Waals surface area contributed by atoms with E-state index in [1.165, 1.54) is 6.42 Å². The van der Waals surface area contributed by atoms with Crippen LogP contribution >= 0.6 is 31.3 Å². The van der Waals surface area contributed by atoms with Crippen LogP contribution in [0.5, 0.6) is 0 Å². The second kappa shape index (κ2) is 66.8. The number of nitriles is 3. The van der Waals surface area contributed by atoms with Crippen LogP contribution in [0.2, 0.25) is 5.82 Å². The van der Waals surface area contributed by atoms with Crippen molar-refractivity contribution in [2.75, 3.05) is 66.0 Å². The van der Waals surface area contributed by atoms with Crippen molar-refractivity contribution in [3.05, 3.63) is 12.8 Å². The third-order valence-corrected chi connectivity index (χ3v) is 19.3. The molecule has 2 N–H and O–H groups in total. The summed E-state index contributed by atoms with van der Waals surface area (Å²) in [6.07, 6.45) is -2.10. The molecule has 121 heavy (non-hydrogen) atoms. The fourth-order valence-electron chi connectivity index (χ4n) is 11.4. The number of nitrogens with zero attached hydrogens (tertiary/aromatic N) is 3. The number of rotatable bonds is 39. The first-order valence-electron chi connectivity index (χ1n) is 38.6. The van der Waals surface area contributed by atoms with Crippen LogP contribution in [0.25, 0.3) is 0 Å². The summed E-state index contributed by atoms with van der Waals surface area (Å²) in [7, 11) is 25.4. The molecule has 1 aliphatic carbocycles. The van der Waals surface area contributed by atoms with E-state index in [0.29, 0.717) is 45.3 Å². The molecule has 6 heterocycles. The van der Waals surface area contributed by atoms with Crippen LogP contribution in [0.4, 0.5) is 0 Å². The van der Waals surface area contributed by atoms with Gasteiger partial charge in [-0.25, -0.2) is 0 Å². The number of hydrogen-bond donors (Lipinski definition) is 1. The van der Waals surface area contributed by atoms with Crippen molar-refractivity contribution in [1.29, 1.82) is 15.8 Å². The van der Waals surface area contributed by atoms with Crippen LogP contribution in [0, 0.1) is 64.1 Å². The van der Waals surface area contributed by atoms with Crippen LogP contribution < -0.4 is 29.4 Å². The molecule has 36 nitrogen and oxygen atoms in total. The Morgan fingerprint density at radius 3 is 1.29 bits per heavy atom. The zero-order valence-corrected chi connectivity index (χ0v) is 87.3. The summed E-state index contributed by atoms with van der Waals surface area (Å²) in [5, 5.41) is 37.2. The first-order chi connectivity index (χ1) is 53.8. The summed E-state index contributed by atoms with van der Waals surface area (Å²) < 4.78 is 155. The second-order valence-electron chi connectivity index (χ2n) is 29.5. The van der Waals surface area contributed by atoms with E-state index >= 15 is 0 Å². The monoisotopic (exact) mass is 2460 g/mol. The minimum atomic E-state index is -4.98. The largest absolute Gasteiger partial charge is 0.870 e. The standard InChI is InChI=1S/C19H29B2N2O7P.C15H28B2O8P.C9H14BNO2.2C8H16BO6P.C8H14BO3.C2H6.H2O.4W/c1-11(2)26-8-16-17(19(9-22,10-23)18(21)29-16)30-31(24,25)27-7-13-5-14(20)6-15(13)28-12(3)4;1-10(2)20-6-12(22-9-16)7-23-26(18,19)25-13-5-15(17)24-14(13)8-21-11(3)4;1-6(2)12-5-8-3-7(4-11)9(10)13-8;2*1-5(2)14-6-3-8(9)15-7(6)4-13-16(10,11)12;1-5(2)11-4-7-6(10)3-8(9)12-7;1-2;;;;;/h11-18H,5-8H2,1-4H3,(H,24,25);5,10-15H,6-9H2,1-4H3,(H,18,19);6-9H,3,5H2,1-2H3;2*5-8H,3-4H2,1-2H3,(H2,10,11,12);3,5-8,10H,4H2,1-2H3;1-2H3;1H2;;;;/q;-1;;;;-1;;;;;;/p-7/t13-,14-,15?,16-,17+,18-;12-,13+,14+,15+;7?,8-,9+;2*6?,7-,8-;6-,7-,8-;;;;;;/m100111....../s1. The van der Waals surface area contributed by atoms with E-state index in [9.17, 15) is 63.3 Å². The van der Waals surface area contributed by atoms with Crippen LogP contribution in [0.1, 0.15) is 157 Å². The molecule has 0 amide bonds. The first-order valence-corrected chi connectivity index (χ1v) is 44.5. The zero-order chi connectivity index (χ0) is 88.8. The Morgan fingerprint density at radius 1 is 0.463 bits per heavy atom. The van der Waals surface area contributed by atoms with E-state index in [1.54, 1.807) is 32.4 Å². The van der Waals surface area contributed by atoms with Gasteiger partial charge in [0, 0.05) is 115 Å². The molecule has 24 atom stereocenters. The molecular weight excluding hydrogens is 2340 g/mol. The molecule has 6 unspecified atom stereocenters. The SMILES string of the molecule is CC.[B]CO[C@@H](COC(C)C)COP(=O)([O-])O[C@@H]1[CH-][C@H]([B])O[C@@H]1COC(C)C.[B][C@@H]1O[C@H](COC(C)C)CC1C#N.[B][C@H]1CC(OC(C)C)[C@@H](COP(=O)([O-])O[C@H]2[C@@H](COC(C)C)O[C@@H]([B])C2(C#N)C#N)C1.[B][C@H]1CC(OC(C)C)[C@@H](COP(=O)([O-])[O-])O1.[B][C@H]1CC(OC(C)C)[C@@H](COP(=O)([O-])[O-])O1.[B][C@H]1[CH-][C@@H](O)[C@@H](COC(C)C)O1.[OH-].[W].[W].[W].[W]. The van der Waals surface area contributed by atoms with Crippen molar-refractivity contribution in [3.8, 4) is 18.2 Å². The molecule has 684 valence electrons. The van der Waals surface area contributed by atoms with Crippen LogP contribution in [-0.2, 0) is 201 Å². The van der Waals surface area contributed by atoms with Crippen LogP contribution in [0.3, 0.4) is 0 Å². The smallest absolute Gasteiger partial charge is 0.268 e. The van der Waals surface area contributed by atoms with E-state index in [1.807, 2.05) is 111 Å². The number of aliphatic hydroxyl groups is 1. The molecule has 52 heteroatoms. The van der Waals surface area contributed by atoms with E-state index in [4.69, 9.17) is 157 Å². The number of aliphatic hydroxyl groups excluding tert-OH is 1. The Kier molecular flexibility index (Phi) is 72.3. The second-order valence-corrected chi connectivity index (χ2v) is 34.6. The van der Waals surface area contributed by atoms with Gasteiger partial charge in [0.25, 0.3) is 15.6 Å². The molecule has 7 fully saturated rings. The molecule has 0 aromatic carbocycles. The van der Waals surface area contributed by atoms with Gasteiger partial charge in [-0.05, 0) is 149 Å².